The molecular weight excluding hydrogens is 120 g/mol. The minimum Gasteiger partial charge on any atom is -0.0885 e. The van der Waals surface area contributed by atoms with Crippen LogP contribution in [-0.4, -0.2) is 0 Å². The molecule has 0 aromatic heterocycles. The minimum atomic E-state index is 0. The molecule has 0 heterocycles. The molecule has 0 rings (SSSR count). The second kappa shape index (κ2) is 11.5. The van der Waals surface area contributed by atoms with E-state index in [9.17, 15) is 0 Å². The third-order valence-corrected chi connectivity index (χ3v) is 1.37. The molecule has 0 aliphatic heterocycles. The molecule has 0 radical (unpaired) electrons. The zero-order valence-electron chi connectivity index (χ0n) is 7.65. The maximum Gasteiger partial charge on any atom is -0.0263 e. The van der Waals surface area contributed by atoms with Gasteiger partial charge < -0.3 is 0 Å². The van der Waals surface area contributed by atoms with Gasteiger partial charge in [0.15, 0.2) is 0 Å². The van der Waals surface area contributed by atoms with Crippen molar-refractivity contribution in [3.63, 3.8) is 0 Å². The first-order chi connectivity index (χ1) is 4.18. The molecule has 0 fully saturated rings. The Morgan fingerprint density at radius 3 is 1.50 bits per heavy atom. The van der Waals surface area contributed by atoms with Gasteiger partial charge in [0, 0.05) is 0 Å². The fraction of sp³-hybridized carbons (Fsp3) is 0.800. The molecule has 0 aliphatic rings. The third-order valence-electron chi connectivity index (χ3n) is 1.37. The van der Waals surface area contributed by atoms with Gasteiger partial charge in [-0.25, -0.2) is 0 Å². The van der Waals surface area contributed by atoms with E-state index in [-0.39, 0.29) is 7.43 Å². The van der Waals surface area contributed by atoms with E-state index in [1.165, 1.54) is 5.57 Å². The van der Waals surface area contributed by atoms with Crippen LogP contribution in [0.5, 0.6) is 0 Å². The molecule has 0 atom stereocenters. The Hall–Kier alpha value is -0.260. The van der Waals surface area contributed by atoms with Crippen molar-refractivity contribution in [2.45, 2.75) is 49.0 Å². The van der Waals surface area contributed by atoms with Crippen LogP contribution >= 0.6 is 0 Å². The molecule has 0 nitrogen and oxygen atoms in total. The lowest BCUT2D eigenvalue weighted by Crippen LogP contribution is -1.85. The fourth-order valence-corrected chi connectivity index (χ4v) is 0.333. The molecule has 0 saturated carbocycles. The van der Waals surface area contributed by atoms with Gasteiger partial charge in [0.1, 0.15) is 0 Å². The zero-order chi connectivity index (χ0) is 7.86. The van der Waals surface area contributed by atoms with Crippen LogP contribution in [0.25, 0.3) is 0 Å². The van der Waals surface area contributed by atoms with Gasteiger partial charge in [0.25, 0.3) is 0 Å². The van der Waals surface area contributed by atoms with Crippen LogP contribution in [-0.2, 0) is 0 Å². The Bertz CT molecular complexity index is 68.1. The zero-order valence-corrected chi connectivity index (χ0v) is 7.65. The number of rotatable bonds is 1. The highest BCUT2D eigenvalue weighted by molar-refractivity contribution is 4.97. The van der Waals surface area contributed by atoms with Gasteiger partial charge in [-0.2, -0.15) is 0 Å². The predicted octanol–water partition coefficient (Wildman–Crippen LogP) is 4.27. The number of hydrogen-bond donors (Lipinski definition) is 0. The van der Waals surface area contributed by atoms with E-state index in [1.54, 1.807) is 0 Å². The molecule has 0 bridgehead atoms. The van der Waals surface area contributed by atoms with E-state index in [1.807, 2.05) is 13.8 Å². The van der Waals surface area contributed by atoms with E-state index >= 15 is 0 Å². The van der Waals surface area contributed by atoms with Crippen molar-refractivity contribution in [3.8, 4) is 0 Å². The normalized spacial score (nSPS) is 9.70. The van der Waals surface area contributed by atoms with E-state index in [2.05, 4.69) is 33.8 Å². The summed E-state index contributed by atoms with van der Waals surface area (Å²) in [7, 11) is 0. The molecule has 10 heavy (non-hydrogen) atoms. The van der Waals surface area contributed by atoms with Gasteiger partial charge in [-0.3, -0.25) is 0 Å². The second-order valence-electron chi connectivity index (χ2n) is 2.19. The summed E-state index contributed by atoms with van der Waals surface area (Å²) in [5, 5.41) is 0. The Kier molecular flexibility index (Phi) is 18.9. The summed E-state index contributed by atoms with van der Waals surface area (Å²) in [6.07, 6.45) is 2.16. The lowest BCUT2D eigenvalue weighted by atomic mass is 10.1. The molecular formula is C10H24. The van der Waals surface area contributed by atoms with Gasteiger partial charge in [-0.1, -0.05) is 46.8 Å². The maximum absolute atomic E-state index is 2.20. The molecule has 0 unspecified atom stereocenters. The summed E-state index contributed by atoms with van der Waals surface area (Å²) in [6, 6.07) is 0. The lowest BCUT2D eigenvalue weighted by molar-refractivity contribution is 0.767. The molecule has 0 aromatic carbocycles. The highest BCUT2D eigenvalue weighted by Gasteiger charge is 1.90. The Morgan fingerprint density at radius 1 is 1.20 bits per heavy atom. The average Bonchev–Trinajstić information content (AvgIpc) is 1.91. The van der Waals surface area contributed by atoms with Crippen LogP contribution in [0, 0.1) is 5.92 Å². The van der Waals surface area contributed by atoms with Crippen molar-refractivity contribution in [3.05, 3.63) is 11.6 Å². The van der Waals surface area contributed by atoms with Crippen LogP contribution in [0.1, 0.15) is 49.0 Å². The van der Waals surface area contributed by atoms with Crippen molar-refractivity contribution in [2.75, 3.05) is 0 Å². The smallest absolute Gasteiger partial charge is 0.0263 e. The van der Waals surface area contributed by atoms with E-state index in [4.69, 9.17) is 0 Å². The Morgan fingerprint density at radius 2 is 1.50 bits per heavy atom. The number of hydrogen-bond acceptors (Lipinski definition) is 0. The van der Waals surface area contributed by atoms with Crippen molar-refractivity contribution in [1.29, 1.82) is 0 Å². The molecule has 0 amide bonds. The molecule has 64 valence electrons. The molecule has 0 N–H and O–H groups in total. The van der Waals surface area contributed by atoms with Gasteiger partial charge in [-0.15, -0.1) is 0 Å². The largest absolute Gasteiger partial charge is 0.0885 e. The Balaban J connectivity index is -0.000000149. The summed E-state index contributed by atoms with van der Waals surface area (Å²) < 4.78 is 0. The predicted molar refractivity (Wildman–Crippen MR) is 52.3 cm³/mol. The van der Waals surface area contributed by atoms with E-state index in [0.29, 0.717) is 0 Å². The van der Waals surface area contributed by atoms with Crippen LogP contribution in [0.2, 0.25) is 0 Å². The van der Waals surface area contributed by atoms with Crippen LogP contribution in [0.15, 0.2) is 11.6 Å². The lowest BCUT2D eigenvalue weighted by Gasteiger charge is -2.00. The first-order valence-corrected chi connectivity index (χ1v) is 3.81. The summed E-state index contributed by atoms with van der Waals surface area (Å²) in [4.78, 5) is 0. The molecule has 0 aromatic rings. The summed E-state index contributed by atoms with van der Waals surface area (Å²) in [6.45, 7) is 12.6. The summed E-state index contributed by atoms with van der Waals surface area (Å²) >= 11 is 0. The standard InChI is InChI=1S/C7H14.C2H6.CH4/c1-5-7(4)6(2)3;1-2;/h5-6H,1-4H3;1-2H3;1H4/b7-5+;;. The molecule has 0 aliphatic carbocycles. The SMILES string of the molecule is C.C/C=C(\C)C(C)C.CC. The Labute approximate surface area is 67.3 Å². The third kappa shape index (κ3) is 10.7. The number of allylic oxidation sites excluding steroid dienone is 2. The molecule has 0 heteroatoms. The topological polar surface area (TPSA) is 0 Å². The first-order valence-electron chi connectivity index (χ1n) is 3.81. The molecule has 0 saturated heterocycles. The quantitative estimate of drug-likeness (QED) is 0.482. The van der Waals surface area contributed by atoms with Gasteiger partial charge in [-0.05, 0) is 19.8 Å². The van der Waals surface area contributed by atoms with E-state index in [0.717, 1.165) is 5.92 Å². The van der Waals surface area contributed by atoms with Gasteiger partial charge >= 0.3 is 0 Å². The van der Waals surface area contributed by atoms with Crippen molar-refractivity contribution < 1.29 is 0 Å². The first kappa shape index (κ1) is 16.4. The monoisotopic (exact) mass is 144 g/mol. The van der Waals surface area contributed by atoms with Crippen LogP contribution in [0.4, 0.5) is 0 Å². The van der Waals surface area contributed by atoms with Gasteiger partial charge in [0.2, 0.25) is 0 Å². The summed E-state index contributed by atoms with van der Waals surface area (Å²) in [5.41, 5.74) is 1.47. The van der Waals surface area contributed by atoms with Crippen LogP contribution in [0.3, 0.4) is 0 Å². The van der Waals surface area contributed by atoms with Crippen molar-refractivity contribution >= 4 is 0 Å². The van der Waals surface area contributed by atoms with Crippen molar-refractivity contribution in [1.82, 2.24) is 0 Å². The summed E-state index contributed by atoms with van der Waals surface area (Å²) in [5.74, 6) is 0.727. The average molecular weight is 144 g/mol. The van der Waals surface area contributed by atoms with E-state index < -0.39 is 0 Å². The van der Waals surface area contributed by atoms with Crippen molar-refractivity contribution in [2.24, 2.45) is 5.92 Å². The van der Waals surface area contributed by atoms with Crippen LogP contribution < -0.4 is 0 Å². The molecule has 0 spiro atoms. The highest BCUT2D eigenvalue weighted by Crippen LogP contribution is 2.05. The second-order valence-corrected chi connectivity index (χ2v) is 2.19. The highest BCUT2D eigenvalue weighted by atomic mass is 14.0. The fourth-order valence-electron chi connectivity index (χ4n) is 0.333. The minimum absolute atomic E-state index is 0. The van der Waals surface area contributed by atoms with Gasteiger partial charge in [0.05, 0.1) is 0 Å². The maximum atomic E-state index is 2.20.